The van der Waals surface area contributed by atoms with E-state index < -0.39 is 5.60 Å². The SMILES string of the molecule is CC[C@H](C(=O)NCCc1ccccc1)[C@@H]1CCCC[C@@H]1NC(=O)OC(C)(C)C. The Morgan fingerprint density at radius 2 is 1.82 bits per heavy atom. The molecule has 0 heterocycles. The van der Waals surface area contributed by atoms with Crippen LogP contribution in [0.5, 0.6) is 0 Å². The van der Waals surface area contributed by atoms with Crippen molar-refractivity contribution in [3.05, 3.63) is 35.9 Å². The van der Waals surface area contributed by atoms with Crippen LogP contribution in [0.4, 0.5) is 4.79 Å². The summed E-state index contributed by atoms with van der Waals surface area (Å²) >= 11 is 0. The Bertz CT molecular complexity index is 624. The normalized spacial score (nSPS) is 20.9. The smallest absolute Gasteiger partial charge is 0.407 e. The largest absolute Gasteiger partial charge is 0.444 e. The molecule has 2 amide bonds. The maximum absolute atomic E-state index is 12.9. The van der Waals surface area contributed by atoms with Crippen LogP contribution in [0.15, 0.2) is 30.3 Å². The molecular formula is C23H36N2O3. The zero-order valence-electron chi connectivity index (χ0n) is 17.8. The van der Waals surface area contributed by atoms with E-state index in [2.05, 4.69) is 29.7 Å². The van der Waals surface area contributed by atoms with Gasteiger partial charge in [0.25, 0.3) is 0 Å². The van der Waals surface area contributed by atoms with Gasteiger partial charge in [-0.15, -0.1) is 0 Å². The lowest BCUT2D eigenvalue weighted by molar-refractivity contribution is -0.127. The highest BCUT2D eigenvalue weighted by atomic mass is 16.6. The van der Waals surface area contributed by atoms with Gasteiger partial charge in [0, 0.05) is 18.5 Å². The number of ether oxygens (including phenoxy) is 1. The third-order valence-corrected chi connectivity index (χ3v) is 5.37. The van der Waals surface area contributed by atoms with Gasteiger partial charge in [0.2, 0.25) is 5.91 Å². The summed E-state index contributed by atoms with van der Waals surface area (Å²) in [6.07, 6.45) is 5.25. The van der Waals surface area contributed by atoms with Gasteiger partial charge in [-0.05, 0) is 57.9 Å². The van der Waals surface area contributed by atoms with Gasteiger partial charge < -0.3 is 15.4 Å². The van der Waals surface area contributed by atoms with Crippen LogP contribution in [-0.2, 0) is 16.0 Å². The predicted molar refractivity (Wildman–Crippen MR) is 112 cm³/mol. The third kappa shape index (κ3) is 7.17. The molecule has 28 heavy (non-hydrogen) atoms. The molecule has 156 valence electrons. The Hall–Kier alpha value is -2.04. The second kappa shape index (κ2) is 10.5. The van der Waals surface area contributed by atoms with E-state index in [1.165, 1.54) is 5.56 Å². The molecule has 2 N–H and O–H groups in total. The van der Waals surface area contributed by atoms with Gasteiger partial charge in [0.15, 0.2) is 0 Å². The lowest BCUT2D eigenvalue weighted by atomic mass is 9.75. The molecule has 1 aromatic carbocycles. The van der Waals surface area contributed by atoms with E-state index in [9.17, 15) is 9.59 Å². The first kappa shape index (κ1) is 22.3. The lowest BCUT2D eigenvalue weighted by Crippen LogP contribution is -2.49. The van der Waals surface area contributed by atoms with Crippen LogP contribution in [0.2, 0.25) is 0 Å². The summed E-state index contributed by atoms with van der Waals surface area (Å²) in [5.41, 5.74) is 0.700. The van der Waals surface area contributed by atoms with Crippen molar-refractivity contribution in [2.24, 2.45) is 11.8 Å². The number of alkyl carbamates (subject to hydrolysis) is 1. The van der Waals surface area contributed by atoms with E-state index in [4.69, 9.17) is 4.74 Å². The van der Waals surface area contributed by atoms with Crippen molar-refractivity contribution < 1.29 is 14.3 Å². The average molecular weight is 389 g/mol. The molecule has 5 heteroatoms. The van der Waals surface area contributed by atoms with E-state index in [1.807, 2.05) is 39.0 Å². The van der Waals surface area contributed by atoms with Crippen molar-refractivity contribution in [1.82, 2.24) is 10.6 Å². The molecule has 0 saturated heterocycles. The second-order valence-corrected chi connectivity index (χ2v) is 8.74. The molecule has 0 spiro atoms. The van der Waals surface area contributed by atoms with E-state index in [0.29, 0.717) is 6.54 Å². The zero-order valence-corrected chi connectivity index (χ0v) is 17.8. The number of carbonyl (C=O) groups is 2. The van der Waals surface area contributed by atoms with Crippen LogP contribution in [0.1, 0.15) is 65.4 Å². The number of nitrogens with one attached hydrogen (secondary N) is 2. The molecule has 1 aliphatic rings. The Morgan fingerprint density at radius 1 is 1.14 bits per heavy atom. The fourth-order valence-corrected chi connectivity index (χ4v) is 4.07. The van der Waals surface area contributed by atoms with Crippen LogP contribution in [-0.4, -0.2) is 30.2 Å². The van der Waals surface area contributed by atoms with Crippen LogP contribution in [0, 0.1) is 11.8 Å². The van der Waals surface area contributed by atoms with Gasteiger partial charge in [0.1, 0.15) is 5.60 Å². The van der Waals surface area contributed by atoms with Gasteiger partial charge in [-0.2, -0.15) is 0 Å². The Morgan fingerprint density at radius 3 is 2.46 bits per heavy atom. The third-order valence-electron chi connectivity index (χ3n) is 5.37. The van der Waals surface area contributed by atoms with Crippen molar-refractivity contribution in [2.75, 3.05) is 6.54 Å². The quantitative estimate of drug-likeness (QED) is 0.725. The topological polar surface area (TPSA) is 67.4 Å². The molecule has 1 aliphatic carbocycles. The first-order chi connectivity index (χ1) is 13.3. The van der Waals surface area contributed by atoms with Gasteiger partial charge >= 0.3 is 6.09 Å². The summed E-state index contributed by atoms with van der Waals surface area (Å²) < 4.78 is 5.43. The summed E-state index contributed by atoms with van der Waals surface area (Å²) in [5, 5.41) is 6.14. The van der Waals surface area contributed by atoms with Gasteiger partial charge in [-0.25, -0.2) is 4.79 Å². The maximum Gasteiger partial charge on any atom is 0.407 e. The standard InChI is InChI=1S/C23H36N2O3/c1-5-18(21(26)24-16-15-17-11-7-6-8-12-17)19-13-9-10-14-20(19)25-22(27)28-23(2,3)4/h6-8,11-12,18-20H,5,9-10,13-16H2,1-4H3,(H,24,26)(H,25,27)/t18-,19-,20-/m0/s1. The number of hydrogen-bond acceptors (Lipinski definition) is 3. The fraction of sp³-hybridized carbons (Fsp3) is 0.652. The van der Waals surface area contributed by atoms with E-state index >= 15 is 0 Å². The Balaban J connectivity index is 1.92. The van der Waals surface area contributed by atoms with Crippen LogP contribution in [0.3, 0.4) is 0 Å². The first-order valence-electron chi connectivity index (χ1n) is 10.6. The first-order valence-corrected chi connectivity index (χ1v) is 10.6. The van der Waals surface area contributed by atoms with Gasteiger partial charge in [0.05, 0.1) is 0 Å². The predicted octanol–water partition coefficient (Wildman–Crippen LogP) is 4.46. The molecule has 3 atom stereocenters. The number of rotatable bonds is 7. The summed E-state index contributed by atoms with van der Waals surface area (Å²) in [5.74, 6) is 0.167. The van der Waals surface area contributed by atoms with Crippen LogP contribution in [0.25, 0.3) is 0 Å². The zero-order chi connectivity index (χ0) is 20.6. The number of benzene rings is 1. The highest BCUT2D eigenvalue weighted by Crippen LogP contribution is 2.32. The summed E-state index contributed by atoms with van der Waals surface area (Å²) in [7, 11) is 0. The minimum absolute atomic E-state index is 0.00609. The molecule has 1 saturated carbocycles. The number of carbonyl (C=O) groups excluding carboxylic acids is 2. The average Bonchev–Trinajstić information content (AvgIpc) is 2.63. The van der Waals surface area contributed by atoms with Crippen molar-refractivity contribution in [3.63, 3.8) is 0 Å². The molecule has 1 fully saturated rings. The molecule has 1 aromatic rings. The molecule has 5 nitrogen and oxygen atoms in total. The highest BCUT2D eigenvalue weighted by molar-refractivity contribution is 5.79. The molecule has 0 aromatic heterocycles. The maximum atomic E-state index is 12.9. The highest BCUT2D eigenvalue weighted by Gasteiger charge is 2.36. The molecular weight excluding hydrogens is 352 g/mol. The monoisotopic (exact) mass is 388 g/mol. The van der Waals surface area contributed by atoms with Crippen molar-refractivity contribution in [1.29, 1.82) is 0 Å². The fourth-order valence-electron chi connectivity index (χ4n) is 4.07. The Kier molecular flexibility index (Phi) is 8.34. The molecule has 0 unspecified atom stereocenters. The minimum Gasteiger partial charge on any atom is -0.444 e. The van der Waals surface area contributed by atoms with Crippen LogP contribution >= 0.6 is 0 Å². The van der Waals surface area contributed by atoms with Gasteiger partial charge in [-0.3, -0.25) is 4.79 Å². The van der Waals surface area contributed by atoms with Crippen LogP contribution < -0.4 is 10.6 Å². The van der Waals surface area contributed by atoms with E-state index in [1.54, 1.807) is 0 Å². The molecule has 0 bridgehead atoms. The van der Waals surface area contributed by atoms with E-state index in [0.717, 1.165) is 38.5 Å². The molecule has 0 radical (unpaired) electrons. The summed E-state index contributed by atoms with van der Waals surface area (Å²) in [6.45, 7) is 8.27. The molecule has 0 aliphatic heterocycles. The number of amides is 2. The lowest BCUT2D eigenvalue weighted by Gasteiger charge is -2.37. The Labute approximate surface area is 169 Å². The van der Waals surface area contributed by atoms with E-state index in [-0.39, 0.29) is 29.9 Å². The van der Waals surface area contributed by atoms with Crippen molar-refractivity contribution in [3.8, 4) is 0 Å². The van der Waals surface area contributed by atoms with Crippen molar-refractivity contribution >= 4 is 12.0 Å². The summed E-state index contributed by atoms with van der Waals surface area (Å²) in [4.78, 5) is 25.1. The molecule has 2 rings (SSSR count). The summed E-state index contributed by atoms with van der Waals surface area (Å²) in [6, 6.07) is 10.2. The van der Waals surface area contributed by atoms with Crippen molar-refractivity contribution in [2.45, 2.75) is 77.9 Å². The number of hydrogen-bond donors (Lipinski definition) is 2. The van der Waals surface area contributed by atoms with Gasteiger partial charge in [-0.1, -0.05) is 50.1 Å². The minimum atomic E-state index is -0.521. The second-order valence-electron chi connectivity index (χ2n) is 8.74.